The number of carboxylic acids is 1. The van der Waals surface area contributed by atoms with Crippen LogP contribution in [0.1, 0.15) is 12.5 Å². The lowest BCUT2D eigenvalue weighted by Gasteiger charge is -2.31. The molecule has 0 aliphatic carbocycles. The van der Waals surface area contributed by atoms with Crippen molar-refractivity contribution < 1.29 is 19.4 Å². The Bertz CT molecular complexity index is 504. The molecule has 20 heavy (non-hydrogen) atoms. The molecule has 2 amide bonds. The fourth-order valence-corrected chi connectivity index (χ4v) is 2.16. The van der Waals surface area contributed by atoms with Crippen LogP contribution in [0.15, 0.2) is 24.3 Å². The van der Waals surface area contributed by atoms with E-state index in [1.807, 2.05) is 6.92 Å². The van der Waals surface area contributed by atoms with E-state index in [1.54, 1.807) is 29.2 Å². The Morgan fingerprint density at radius 3 is 2.90 bits per heavy atom. The number of carboxylic acid groups (broad SMARTS) is 1. The second-order valence-corrected chi connectivity index (χ2v) is 4.79. The second-order valence-electron chi connectivity index (χ2n) is 4.79. The zero-order valence-corrected chi connectivity index (χ0v) is 11.3. The molecule has 1 aromatic rings. The van der Waals surface area contributed by atoms with Crippen molar-refractivity contribution in [1.82, 2.24) is 4.90 Å². The van der Waals surface area contributed by atoms with Gasteiger partial charge in [-0.25, -0.2) is 4.79 Å². The van der Waals surface area contributed by atoms with Crippen LogP contribution in [0, 0.1) is 0 Å². The molecular weight excluding hydrogens is 260 g/mol. The minimum atomic E-state index is -0.924. The van der Waals surface area contributed by atoms with E-state index in [0.29, 0.717) is 30.9 Å². The Morgan fingerprint density at radius 1 is 1.45 bits per heavy atom. The first-order valence-corrected chi connectivity index (χ1v) is 6.53. The topological polar surface area (TPSA) is 78.9 Å². The van der Waals surface area contributed by atoms with Crippen LogP contribution in [0.25, 0.3) is 0 Å². The number of hydrogen-bond acceptors (Lipinski definition) is 3. The number of para-hydroxylation sites is 1. The van der Waals surface area contributed by atoms with Gasteiger partial charge in [-0.3, -0.25) is 4.79 Å². The van der Waals surface area contributed by atoms with Gasteiger partial charge in [-0.05, 0) is 18.6 Å². The Kier molecular flexibility index (Phi) is 4.57. The van der Waals surface area contributed by atoms with Gasteiger partial charge in [0.25, 0.3) is 0 Å². The van der Waals surface area contributed by atoms with Crippen LogP contribution in [-0.4, -0.2) is 47.8 Å². The minimum absolute atomic E-state index is 0.0174. The highest BCUT2D eigenvalue weighted by Crippen LogP contribution is 2.17. The van der Waals surface area contributed by atoms with Crippen molar-refractivity contribution in [2.45, 2.75) is 19.4 Å². The molecule has 1 aliphatic rings. The van der Waals surface area contributed by atoms with Crippen molar-refractivity contribution in [3.05, 3.63) is 29.8 Å². The summed E-state index contributed by atoms with van der Waals surface area (Å²) in [5, 5.41) is 11.6. The monoisotopic (exact) mass is 278 g/mol. The summed E-state index contributed by atoms with van der Waals surface area (Å²) < 4.78 is 5.39. The molecule has 108 valence electrons. The van der Waals surface area contributed by atoms with Gasteiger partial charge in [0.2, 0.25) is 0 Å². The maximum atomic E-state index is 12.2. The number of anilines is 1. The van der Waals surface area contributed by atoms with E-state index >= 15 is 0 Å². The van der Waals surface area contributed by atoms with E-state index in [0.717, 1.165) is 0 Å². The van der Waals surface area contributed by atoms with Crippen molar-refractivity contribution in [3.8, 4) is 0 Å². The molecule has 1 atom stereocenters. The highest BCUT2D eigenvalue weighted by Gasteiger charge is 2.22. The minimum Gasteiger partial charge on any atom is -0.481 e. The highest BCUT2D eigenvalue weighted by atomic mass is 16.5. The summed E-state index contributed by atoms with van der Waals surface area (Å²) in [6.45, 7) is 3.51. The van der Waals surface area contributed by atoms with E-state index in [1.165, 1.54) is 0 Å². The van der Waals surface area contributed by atoms with E-state index in [2.05, 4.69) is 5.32 Å². The standard InChI is InChI=1S/C14H18N2O4/c1-10-9-16(6-7-20-10)14(19)15-12-5-3-2-4-11(12)8-13(17)18/h2-5,10H,6-9H2,1H3,(H,15,19)(H,17,18). The molecule has 1 heterocycles. The fourth-order valence-electron chi connectivity index (χ4n) is 2.16. The maximum absolute atomic E-state index is 12.2. The van der Waals surface area contributed by atoms with Gasteiger partial charge in [-0.15, -0.1) is 0 Å². The first-order valence-electron chi connectivity index (χ1n) is 6.53. The molecule has 0 saturated carbocycles. The van der Waals surface area contributed by atoms with Crippen molar-refractivity contribution in [1.29, 1.82) is 0 Å². The molecule has 1 aromatic carbocycles. The average molecular weight is 278 g/mol. The van der Waals surface area contributed by atoms with Crippen LogP contribution < -0.4 is 5.32 Å². The average Bonchev–Trinajstić information content (AvgIpc) is 2.40. The first kappa shape index (κ1) is 14.3. The normalized spacial score (nSPS) is 18.6. The highest BCUT2D eigenvalue weighted by molar-refractivity contribution is 5.91. The summed E-state index contributed by atoms with van der Waals surface area (Å²) in [5.41, 5.74) is 1.13. The lowest BCUT2D eigenvalue weighted by atomic mass is 10.1. The molecule has 0 radical (unpaired) electrons. The number of hydrogen-bond donors (Lipinski definition) is 2. The molecule has 0 spiro atoms. The van der Waals surface area contributed by atoms with Crippen molar-refractivity contribution in [3.63, 3.8) is 0 Å². The number of rotatable bonds is 3. The zero-order valence-electron chi connectivity index (χ0n) is 11.3. The number of carbonyl (C=O) groups is 2. The predicted molar refractivity (Wildman–Crippen MR) is 73.8 cm³/mol. The summed E-state index contributed by atoms with van der Waals surface area (Å²) in [4.78, 5) is 24.6. The molecule has 0 aromatic heterocycles. The van der Waals surface area contributed by atoms with E-state index < -0.39 is 5.97 Å². The van der Waals surface area contributed by atoms with Gasteiger partial charge < -0.3 is 20.1 Å². The van der Waals surface area contributed by atoms with Crippen LogP contribution >= 0.6 is 0 Å². The van der Waals surface area contributed by atoms with Crippen LogP contribution in [0.2, 0.25) is 0 Å². The SMILES string of the molecule is CC1CN(C(=O)Nc2ccccc2CC(=O)O)CCO1. The third-order valence-electron chi connectivity index (χ3n) is 3.13. The largest absolute Gasteiger partial charge is 0.481 e. The van der Waals surface area contributed by atoms with Crippen molar-refractivity contribution >= 4 is 17.7 Å². The van der Waals surface area contributed by atoms with Crippen LogP contribution in [-0.2, 0) is 16.0 Å². The van der Waals surface area contributed by atoms with E-state index in [4.69, 9.17) is 9.84 Å². The quantitative estimate of drug-likeness (QED) is 0.879. The summed E-state index contributed by atoms with van der Waals surface area (Å²) in [5.74, 6) is -0.924. The summed E-state index contributed by atoms with van der Waals surface area (Å²) in [7, 11) is 0. The van der Waals surface area contributed by atoms with Gasteiger partial charge in [0, 0.05) is 18.8 Å². The Balaban J connectivity index is 2.05. The molecule has 1 fully saturated rings. The van der Waals surface area contributed by atoms with Crippen molar-refractivity contribution in [2.75, 3.05) is 25.0 Å². The Labute approximate surface area is 117 Å². The number of urea groups is 1. The molecule has 1 unspecified atom stereocenters. The number of nitrogens with one attached hydrogen (secondary N) is 1. The van der Waals surface area contributed by atoms with Crippen LogP contribution in [0.5, 0.6) is 0 Å². The number of morpholine rings is 1. The molecule has 6 nitrogen and oxygen atoms in total. The smallest absolute Gasteiger partial charge is 0.322 e. The van der Waals surface area contributed by atoms with E-state index in [9.17, 15) is 9.59 Å². The Morgan fingerprint density at radius 2 is 2.20 bits per heavy atom. The first-order chi connectivity index (χ1) is 9.56. The van der Waals surface area contributed by atoms with Gasteiger partial charge in [-0.1, -0.05) is 18.2 Å². The number of carbonyl (C=O) groups excluding carboxylic acids is 1. The second kappa shape index (κ2) is 6.38. The number of ether oxygens (including phenoxy) is 1. The zero-order chi connectivity index (χ0) is 14.5. The number of amides is 2. The Hall–Kier alpha value is -2.08. The molecule has 1 aliphatic heterocycles. The van der Waals surface area contributed by atoms with Crippen LogP contribution in [0.3, 0.4) is 0 Å². The predicted octanol–water partition coefficient (Wildman–Crippen LogP) is 1.57. The molecule has 6 heteroatoms. The van der Waals surface area contributed by atoms with Gasteiger partial charge in [0.05, 0.1) is 19.1 Å². The van der Waals surface area contributed by atoms with E-state index in [-0.39, 0.29) is 18.6 Å². The number of aliphatic carboxylic acids is 1. The number of benzene rings is 1. The molecular formula is C14H18N2O4. The third-order valence-corrected chi connectivity index (χ3v) is 3.13. The summed E-state index contributed by atoms with van der Waals surface area (Å²) in [6, 6.07) is 6.71. The van der Waals surface area contributed by atoms with Gasteiger partial charge in [0.1, 0.15) is 0 Å². The van der Waals surface area contributed by atoms with Crippen molar-refractivity contribution in [2.24, 2.45) is 0 Å². The summed E-state index contributed by atoms with van der Waals surface area (Å²) in [6.07, 6.45) is -0.0977. The lowest BCUT2D eigenvalue weighted by Crippen LogP contribution is -2.46. The van der Waals surface area contributed by atoms with Gasteiger partial charge in [0.15, 0.2) is 0 Å². The number of nitrogens with zero attached hydrogens (tertiary/aromatic N) is 1. The van der Waals surface area contributed by atoms with Gasteiger partial charge in [-0.2, -0.15) is 0 Å². The third kappa shape index (κ3) is 3.71. The molecule has 2 rings (SSSR count). The lowest BCUT2D eigenvalue weighted by molar-refractivity contribution is -0.136. The molecule has 2 N–H and O–H groups in total. The van der Waals surface area contributed by atoms with Gasteiger partial charge >= 0.3 is 12.0 Å². The maximum Gasteiger partial charge on any atom is 0.322 e. The molecule has 0 bridgehead atoms. The molecule has 1 saturated heterocycles. The fraction of sp³-hybridized carbons (Fsp3) is 0.429. The summed E-state index contributed by atoms with van der Waals surface area (Å²) >= 11 is 0. The van der Waals surface area contributed by atoms with Crippen LogP contribution in [0.4, 0.5) is 10.5 Å².